The van der Waals surface area contributed by atoms with Crippen LogP contribution in [0.4, 0.5) is 0 Å². The molecule has 3 rings (SSSR count). The van der Waals surface area contributed by atoms with E-state index in [0.717, 1.165) is 22.2 Å². The van der Waals surface area contributed by atoms with Gasteiger partial charge in [-0.15, -0.1) is 0 Å². The molecule has 0 amide bonds. The number of hydrogen-bond donors (Lipinski definition) is 0. The molecule has 0 bridgehead atoms. The van der Waals surface area contributed by atoms with E-state index in [0.29, 0.717) is 5.69 Å². The average Bonchev–Trinajstić information content (AvgIpc) is 2.53. The second-order valence-corrected chi connectivity index (χ2v) is 5.46. The zero-order chi connectivity index (χ0) is 15.7. The van der Waals surface area contributed by atoms with Gasteiger partial charge in [-0.25, -0.2) is 4.79 Å². The summed E-state index contributed by atoms with van der Waals surface area (Å²) in [6.45, 7) is 3.95. The van der Waals surface area contributed by atoms with Crippen molar-refractivity contribution in [1.29, 1.82) is 0 Å². The van der Waals surface area contributed by atoms with Gasteiger partial charge in [0.2, 0.25) is 0 Å². The smallest absolute Gasteiger partial charge is 0.348 e. The Balaban J connectivity index is 2.41. The third-order valence-electron chi connectivity index (χ3n) is 3.70. The number of aromatic nitrogens is 2. The van der Waals surface area contributed by atoms with E-state index in [1.165, 1.54) is 0 Å². The molecule has 0 unspecified atom stereocenters. The molecule has 0 saturated carbocycles. The van der Waals surface area contributed by atoms with E-state index in [4.69, 9.17) is 4.74 Å². The van der Waals surface area contributed by atoms with Crippen LogP contribution in [-0.2, 0) is 0 Å². The minimum Gasteiger partial charge on any atom is -0.497 e. The molecule has 0 atom stereocenters. The first-order valence-electron chi connectivity index (χ1n) is 7.27. The molecule has 0 aliphatic carbocycles. The summed E-state index contributed by atoms with van der Waals surface area (Å²) in [7, 11) is 1.62. The molecule has 4 heteroatoms. The lowest BCUT2D eigenvalue weighted by atomic mass is 10.1. The van der Waals surface area contributed by atoms with Gasteiger partial charge in [0.25, 0.3) is 0 Å². The van der Waals surface area contributed by atoms with Gasteiger partial charge in [-0.1, -0.05) is 30.3 Å². The zero-order valence-electron chi connectivity index (χ0n) is 12.9. The fourth-order valence-electron chi connectivity index (χ4n) is 2.67. The molecule has 0 radical (unpaired) electrons. The Morgan fingerprint density at radius 3 is 2.45 bits per heavy atom. The maximum absolute atomic E-state index is 12.5. The molecule has 1 heterocycles. The fraction of sp³-hybridized carbons (Fsp3) is 0.222. The monoisotopic (exact) mass is 294 g/mol. The highest BCUT2D eigenvalue weighted by Gasteiger charge is 2.14. The molecule has 0 N–H and O–H groups in total. The Labute approximate surface area is 129 Å². The van der Waals surface area contributed by atoms with Crippen molar-refractivity contribution in [2.75, 3.05) is 7.11 Å². The third kappa shape index (κ3) is 2.37. The van der Waals surface area contributed by atoms with Crippen molar-refractivity contribution in [3.63, 3.8) is 0 Å². The summed E-state index contributed by atoms with van der Waals surface area (Å²) in [5.41, 5.74) is 2.24. The number of benzene rings is 2. The number of fused-ring (bicyclic) bond motifs is 1. The predicted octanol–water partition coefficient (Wildman–Crippen LogP) is 3.65. The largest absolute Gasteiger partial charge is 0.497 e. The Morgan fingerprint density at radius 2 is 1.82 bits per heavy atom. The molecule has 0 aliphatic rings. The number of nitrogens with zero attached hydrogens (tertiary/aromatic N) is 2. The minimum absolute atomic E-state index is 0.0272. The van der Waals surface area contributed by atoms with Gasteiger partial charge in [0.15, 0.2) is 0 Å². The van der Waals surface area contributed by atoms with Crippen LogP contribution >= 0.6 is 0 Å². The third-order valence-corrected chi connectivity index (χ3v) is 3.70. The van der Waals surface area contributed by atoms with Crippen molar-refractivity contribution in [3.8, 4) is 17.0 Å². The predicted molar refractivity (Wildman–Crippen MR) is 88.4 cm³/mol. The molecule has 1 aromatic heterocycles. The number of hydrogen-bond acceptors (Lipinski definition) is 3. The fourth-order valence-corrected chi connectivity index (χ4v) is 2.67. The number of methoxy groups -OCH3 is 1. The van der Waals surface area contributed by atoms with E-state index in [9.17, 15) is 4.79 Å². The summed E-state index contributed by atoms with van der Waals surface area (Å²) in [5, 5.41) is 0.945. The molecule has 22 heavy (non-hydrogen) atoms. The normalized spacial score (nSPS) is 11.1. The average molecular weight is 294 g/mol. The van der Waals surface area contributed by atoms with E-state index < -0.39 is 0 Å². The molecule has 0 spiro atoms. The van der Waals surface area contributed by atoms with Gasteiger partial charge < -0.3 is 4.74 Å². The lowest BCUT2D eigenvalue weighted by Gasteiger charge is -2.16. The molecule has 2 aromatic carbocycles. The maximum atomic E-state index is 12.5. The molecular weight excluding hydrogens is 276 g/mol. The quantitative estimate of drug-likeness (QED) is 0.740. The van der Waals surface area contributed by atoms with Crippen LogP contribution in [0.25, 0.3) is 22.2 Å². The van der Waals surface area contributed by atoms with Gasteiger partial charge in [-0.2, -0.15) is 4.98 Å². The van der Waals surface area contributed by atoms with E-state index in [2.05, 4.69) is 4.98 Å². The summed E-state index contributed by atoms with van der Waals surface area (Å²) >= 11 is 0. The molecule has 0 fully saturated rings. The Hall–Kier alpha value is -2.62. The number of rotatable bonds is 3. The van der Waals surface area contributed by atoms with E-state index >= 15 is 0 Å². The Morgan fingerprint density at radius 1 is 1.09 bits per heavy atom. The van der Waals surface area contributed by atoms with Gasteiger partial charge in [0, 0.05) is 23.1 Å². The van der Waals surface area contributed by atoms with Crippen LogP contribution in [0.5, 0.6) is 5.75 Å². The molecule has 0 saturated heterocycles. The molecular formula is C18H18N2O2. The minimum atomic E-state index is -0.241. The van der Waals surface area contributed by atoms with Crippen molar-refractivity contribution in [3.05, 3.63) is 59.0 Å². The van der Waals surface area contributed by atoms with E-state index in [1.807, 2.05) is 62.4 Å². The van der Waals surface area contributed by atoms with Crippen LogP contribution in [0, 0.1) is 0 Å². The van der Waals surface area contributed by atoms with Crippen molar-refractivity contribution >= 4 is 10.9 Å². The summed E-state index contributed by atoms with van der Waals surface area (Å²) in [6, 6.07) is 15.5. The maximum Gasteiger partial charge on any atom is 0.348 e. The van der Waals surface area contributed by atoms with Crippen molar-refractivity contribution < 1.29 is 4.74 Å². The SMILES string of the molecule is COc1ccc2c(-c3ccccc3)nc(=O)n(C(C)C)c2c1. The molecule has 112 valence electrons. The zero-order valence-corrected chi connectivity index (χ0v) is 12.9. The molecule has 4 nitrogen and oxygen atoms in total. The standard InChI is InChI=1S/C18H18N2O2/c1-12(2)20-16-11-14(22-3)9-10-15(16)17(19-18(20)21)13-7-5-4-6-8-13/h4-12H,1-3H3. The summed E-state index contributed by atoms with van der Waals surface area (Å²) in [4.78, 5) is 16.8. The molecule has 3 aromatic rings. The first-order chi connectivity index (χ1) is 10.6. The van der Waals surface area contributed by atoms with Gasteiger partial charge in [-0.3, -0.25) is 4.57 Å². The second-order valence-electron chi connectivity index (χ2n) is 5.46. The summed E-state index contributed by atoms with van der Waals surface area (Å²) in [5.74, 6) is 0.728. The van der Waals surface area contributed by atoms with Crippen molar-refractivity contribution in [1.82, 2.24) is 9.55 Å². The van der Waals surface area contributed by atoms with E-state index in [1.54, 1.807) is 11.7 Å². The molecule has 0 aliphatic heterocycles. The van der Waals surface area contributed by atoms with Gasteiger partial charge >= 0.3 is 5.69 Å². The van der Waals surface area contributed by atoms with Crippen LogP contribution in [0.15, 0.2) is 53.3 Å². The van der Waals surface area contributed by atoms with Crippen LogP contribution in [0.2, 0.25) is 0 Å². The second kappa shape index (κ2) is 5.64. The van der Waals surface area contributed by atoms with Crippen LogP contribution < -0.4 is 10.4 Å². The van der Waals surface area contributed by atoms with Crippen LogP contribution in [-0.4, -0.2) is 16.7 Å². The first kappa shape index (κ1) is 14.3. The highest BCUT2D eigenvalue weighted by Crippen LogP contribution is 2.29. The van der Waals surface area contributed by atoms with Crippen LogP contribution in [0.3, 0.4) is 0 Å². The first-order valence-corrected chi connectivity index (χ1v) is 7.27. The lowest BCUT2D eigenvalue weighted by molar-refractivity contribution is 0.415. The Kier molecular flexibility index (Phi) is 3.67. The topological polar surface area (TPSA) is 44.1 Å². The van der Waals surface area contributed by atoms with Crippen LogP contribution in [0.1, 0.15) is 19.9 Å². The van der Waals surface area contributed by atoms with Crippen molar-refractivity contribution in [2.24, 2.45) is 0 Å². The van der Waals surface area contributed by atoms with E-state index in [-0.39, 0.29) is 11.7 Å². The highest BCUT2D eigenvalue weighted by molar-refractivity contribution is 5.93. The highest BCUT2D eigenvalue weighted by atomic mass is 16.5. The van der Waals surface area contributed by atoms with Gasteiger partial charge in [0.1, 0.15) is 5.75 Å². The summed E-state index contributed by atoms with van der Waals surface area (Å²) < 4.78 is 7.01. The lowest BCUT2D eigenvalue weighted by Crippen LogP contribution is -2.25. The summed E-state index contributed by atoms with van der Waals surface area (Å²) in [6.07, 6.45) is 0. The van der Waals surface area contributed by atoms with Gasteiger partial charge in [-0.05, 0) is 26.0 Å². The number of ether oxygens (including phenoxy) is 1. The van der Waals surface area contributed by atoms with Gasteiger partial charge in [0.05, 0.1) is 18.3 Å². The Bertz CT molecular complexity index is 867. The van der Waals surface area contributed by atoms with Crippen molar-refractivity contribution in [2.45, 2.75) is 19.9 Å².